The van der Waals surface area contributed by atoms with Crippen molar-refractivity contribution >= 4 is 0 Å². The van der Waals surface area contributed by atoms with Gasteiger partial charge in [0.05, 0.1) is 0 Å². The van der Waals surface area contributed by atoms with Gasteiger partial charge in [0, 0.05) is 0 Å². The van der Waals surface area contributed by atoms with Crippen molar-refractivity contribution in [2.45, 2.75) is 122 Å². The Morgan fingerprint density at radius 1 is 0.739 bits per heavy atom. The molecule has 136 valence electrons. The lowest BCUT2D eigenvalue weighted by molar-refractivity contribution is 0.0470. The summed E-state index contributed by atoms with van der Waals surface area (Å²) >= 11 is 0. The van der Waals surface area contributed by atoms with Gasteiger partial charge in [-0.1, -0.05) is 71.6 Å². The molecule has 0 saturated heterocycles. The molecule has 0 amide bonds. The molecule has 2 rings (SSSR count). The maximum absolute atomic E-state index is 14.6. The molecule has 0 aromatic rings. The first-order valence-corrected chi connectivity index (χ1v) is 10.9. The third-order valence-corrected chi connectivity index (χ3v) is 6.90. The molecular weight excluding hydrogens is 283 g/mol. The van der Waals surface area contributed by atoms with Crippen molar-refractivity contribution in [1.29, 1.82) is 0 Å². The summed E-state index contributed by atoms with van der Waals surface area (Å²) in [5.74, 6) is 2.79. The van der Waals surface area contributed by atoms with Gasteiger partial charge in [-0.05, 0) is 62.7 Å². The topological polar surface area (TPSA) is 0 Å². The highest BCUT2D eigenvalue weighted by molar-refractivity contribution is 4.89. The molecular formula is C22H41F. The molecule has 0 aromatic carbocycles. The van der Waals surface area contributed by atoms with E-state index in [1.807, 2.05) is 0 Å². The van der Waals surface area contributed by atoms with Crippen LogP contribution in [0.3, 0.4) is 0 Å². The zero-order valence-electron chi connectivity index (χ0n) is 15.9. The highest BCUT2D eigenvalue weighted by Crippen LogP contribution is 2.45. The molecule has 0 heterocycles. The minimum atomic E-state index is -0.805. The molecule has 0 spiro atoms. The molecule has 2 saturated carbocycles. The monoisotopic (exact) mass is 324 g/mol. The van der Waals surface area contributed by atoms with Crippen LogP contribution in [0.1, 0.15) is 117 Å². The van der Waals surface area contributed by atoms with Crippen molar-refractivity contribution in [3.63, 3.8) is 0 Å². The summed E-state index contributed by atoms with van der Waals surface area (Å²) in [6, 6.07) is 0. The second-order valence-electron chi connectivity index (χ2n) is 8.72. The van der Waals surface area contributed by atoms with Crippen LogP contribution in [0.5, 0.6) is 0 Å². The smallest absolute Gasteiger partial charge is 0.111 e. The van der Waals surface area contributed by atoms with E-state index in [0.29, 0.717) is 0 Å². The van der Waals surface area contributed by atoms with Crippen LogP contribution in [0.2, 0.25) is 0 Å². The third-order valence-electron chi connectivity index (χ3n) is 6.90. The summed E-state index contributed by atoms with van der Waals surface area (Å²) in [7, 11) is 0. The second kappa shape index (κ2) is 10.0. The average molecular weight is 325 g/mol. The van der Waals surface area contributed by atoms with Gasteiger partial charge < -0.3 is 0 Å². The number of hydrogen-bond donors (Lipinski definition) is 0. The van der Waals surface area contributed by atoms with E-state index < -0.39 is 5.67 Å². The average Bonchev–Trinajstić information content (AvgIpc) is 2.56. The Balaban J connectivity index is 1.60. The minimum Gasteiger partial charge on any atom is -0.244 e. The van der Waals surface area contributed by atoms with Crippen LogP contribution >= 0.6 is 0 Å². The SMILES string of the molecule is CCCCCCCC1CCC([C@H]2CC[C@](F)(CCC)CC2)CC1. The van der Waals surface area contributed by atoms with E-state index in [2.05, 4.69) is 13.8 Å². The van der Waals surface area contributed by atoms with Crippen molar-refractivity contribution < 1.29 is 4.39 Å². The van der Waals surface area contributed by atoms with E-state index in [1.54, 1.807) is 0 Å². The van der Waals surface area contributed by atoms with Gasteiger partial charge in [-0.25, -0.2) is 4.39 Å². The Kier molecular flexibility index (Phi) is 8.41. The standard InChI is InChI=1S/C22H41F/c1-3-5-6-7-8-9-19-10-12-20(13-11-19)21-14-17-22(23,16-4-2)18-15-21/h19-21H,3-18H2,1-2H3/t19?,20?,21-,22+. The van der Waals surface area contributed by atoms with Crippen molar-refractivity contribution in [2.75, 3.05) is 0 Å². The number of alkyl halides is 1. The predicted octanol–water partition coefficient (Wildman–Crippen LogP) is 7.85. The van der Waals surface area contributed by atoms with Crippen LogP contribution in [0.25, 0.3) is 0 Å². The molecule has 0 N–H and O–H groups in total. The number of rotatable bonds is 9. The highest BCUT2D eigenvalue weighted by atomic mass is 19.1. The number of hydrogen-bond acceptors (Lipinski definition) is 0. The van der Waals surface area contributed by atoms with Crippen molar-refractivity contribution in [2.24, 2.45) is 17.8 Å². The number of halogens is 1. The van der Waals surface area contributed by atoms with Crippen LogP contribution in [0.15, 0.2) is 0 Å². The van der Waals surface area contributed by atoms with Gasteiger partial charge in [-0.2, -0.15) is 0 Å². The normalized spacial score (nSPS) is 35.3. The van der Waals surface area contributed by atoms with Gasteiger partial charge in [0.25, 0.3) is 0 Å². The van der Waals surface area contributed by atoms with Crippen LogP contribution in [0, 0.1) is 17.8 Å². The zero-order valence-corrected chi connectivity index (χ0v) is 15.9. The summed E-state index contributed by atoms with van der Waals surface area (Å²) < 4.78 is 14.6. The molecule has 0 nitrogen and oxygen atoms in total. The van der Waals surface area contributed by atoms with Crippen molar-refractivity contribution in [3.05, 3.63) is 0 Å². The van der Waals surface area contributed by atoms with Crippen LogP contribution in [-0.4, -0.2) is 5.67 Å². The summed E-state index contributed by atoms with van der Waals surface area (Å²) in [4.78, 5) is 0. The Morgan fingerprint density at radius 3 is 1.96 bits per heavy atom. The molecule has 0 atom stereocenters. The maximum atomic E-state index is 14.6. The first-order chi connectivity index (χ1) is 11.2. The molecule has 0 unspecified atom stereocenters. The molecule has 0 aliphatic heterocycles. The summed E-state index contributed by atoms with van der Waals surface area (Å²) in [5.41, 5.74) is -0.805. The van der Waals surface area contributed by atoms with Gasteiger partial charge in [-0.15, -0.1) is 0 Å². The zero-order chi connectivity index (χ0) is 16.5. The fourth-order valence-electron chi connectivity index (χ4n) is 5.31. The van der Waals surface area contributed by atoms with Crippen LogP contribution in [0.4, 0.5) is 4.39 Å². The van der Waals surface area contributed by atoms with E-state index in [1.165, 1.54) is 77.0 Å². The highest BCUT2D eigenvalue weighted by Gasteiger charge is 2.37. The molecule has 2 aliphatic rings. The fraction of sp³-hybridized carbons (Fsp3) is 1.00. The first-order valence-electron chi connectivity index (χ1n) is 10.9. The van der Waals surface area contributed by atoms with E-state index in [-0.39, 0.29) is 0 Å². The quantitative estimate of drug-likeness (QED) is 0.379. The van der Waals surface area contributed by atoms with Crippen molar-refractivity contribution in [1.82, 2.24) is 0 Å². The van der Waals surface area contributed by atoms with Gasteiger partial charge in [0.2, 0.25) is 0 Å². The van der Waals surface area contributed by atoms with Gasteiger partial charge in [-0.3, -0.25) is 0 Å². The third kappa shape index (κ3) is 6.39. The predicted molar refractivity (Wildman–Crippen MR) is 99.5 cm³/mol. The minimum absolute atomic E-state index is 0.796. The molecule has 2 aliphatic carbocycles. The molecule has 2 fully saturated rings. The van der Waals surface area contributed by atoms with Gasteiger partial charge in [0.1, 0.15) is 5.67 Å². The number of unbranched alkanes of at least 4 members (excludes halogenated alkanes) is 4. The largest absolute Gasteiger partial charge is 0.244 e. The Bertz CT molecular complexity index is 295. The Hall–Kier alpha value is -0.0700. The molecule has 1 heteroatoms. The fourth-order valence-corrected chi connectivity index (χ4v) is 5.31. The maximum Gasteiger partial charge on any atom is 0.111 e. The molecule has 23 heavy (non-hydrogen) atoms. The second-order valence-corrected chi connectivity index (χ2v) is 8.72. The summed E-state index contributed by atoms with van der Waals surface area (Å²) in [5, 5.41) is 0. The summed E-state index contributed by atoms with van der Waals surface area (Å²) in [6.45, 7) is 4.42. The molecule has 0 bridgehead atoms. The van der Waals surface area contributed by atoms with E-state index in [0.717, 1.165) is 43.4 Å². The lowest BCUT2D eigenvalue weighted by atomic mass is 9.67. The molecule has 0 aromatic heterocycles. The van der Waals surface area contributed by atoms with Gasteiger partial charge in [0.15, 0.2) is 0 Å². The van der Waals surface area contributed by atoms with Gasteiger partial charge >= 0.3 is 0 Å². The Labute approximate surface area is 145 Å². The van der Waals surface area contributed by atoms with E-state index in [4.69, 9.17) is 0 Å². The summed E-state index contributed by atoms with van der Waals surface area (Å²) in [6.07, 6.45) is 20.2. The molecule has 0 radical (unpaired) electrons. The first kappa shape index (κ1) is 19.3. The van der Waals surface area contributed by atoms with Crippen LogP contribution in [-0.2, 0) is 0 Å². The lowest BCUT2D eigenvalue weighted by Gasteiger charge is -2.40. The lowest BCUT2D eigenvalue weighted by Crippen LogP contribution is -2.33. The Morgan fingerprint density at radius 2 is 1.35 bits per heavy atom. The van der Waals surface area contributed by atoms with E-state index >= 15 is 0 Å². The van der Waals surface area contributed by atoms with Crippen LogP contribution < -0.4 is 0 Å². The van der Waals surface area contributed by atoms with E-state index in [9.17, 15) is 4.39 Å². The van der Waals surface area contributed by atoms with Crippen molar-refractivity contribution in [3.8, 4) is 0 Å².